The van der Waals surface area contributed by atoms with E-state index < -0.39 is 0 Å². The van der Waals surface area contributed by atoms with E-state index in [0.717, 1.165) is 10.9 Å². The molecule has 3 N–H and O–H groups in total. The summed E-state index contributed by atoms with van der Waals surface area (Å²) in [6, 6.07) is 15.2. The van der Waals surface area contributed by atoms with Crippen LogP contribution in [0, 0.1) is 6.92 Å². The van der Waals surface area contributed by atoms with Crippen LogP contribution >= 0.6 is 15.9 Å². The predicted octanol–water partition coefficient (Wildman–Crippen LogP) is 4.31. The summed E-state index contributed by atoms with van der Waals surface area (Å²) >= 11 is 3.50. The molecule has 0 radical (unpaired) electrons. The Morgan fingerprint density at radius 3 is 2.63 bits per heavy atom. The SMILES string of the molecule is Cc1cc(Br)ccc1NC1CC(N)c2ccccc21. The molecule has 0 spiro atoms. The molecule has 2 atom stereocenters. The Morgan fingerprint density at radius 2 is 1.89 bits per heavy atom. The molecule has 2 unspecified atom stereocenters. The summed E-state index contributed by atoms with van der Waals surface area (Å²) in [5.74, 6) is 0. The van der Waals surface area contributed by atoms with Crippen LogP contribution in [0.2, 0.25) is 0 Å². The number of rotatable bonds is 2. The number of halogens is 1. The molecule has 2 aromatic rings. The predicted molar refractivity (Wildman–Crippen MR) is 83.2 cm³/mol. The Kier molecular flexibility index (Phi) is 3.33. The number of anilines is 1. The van der Waals surface area contributed by atoms with Crippen molar-refractivity contribution in [3.05, 3.63) is 63.6 Å². The molecular formula is C16H17BrN2. The summed E-state index contributed by atoms with van der Waals surface area (Å²) in [6.45, 7) is 2.12. The zero-order valence-electron chi connectivity index (χ0n) is 10.9. The van der Waals surface area contributed by atoms with Gasteiger partial charge in [0.2, 0.25) is 0 Å². The van der Waals surface area contributed by atoms with Gasteiger partial charge >= 0.3 is 0 Å². The highest BCUT2D eigenvalue weighted by Gasteiger charge is 2.28. The van der Waals surface area contributed by atoms with E-state index in [1.807, 2.05) is 0 Å². The lowest BCUT2D eigenvalue weighted by Crippen LogP contribution is -2.10. The highest BCUT2D eigenvalue weighted by molar-refractivity contribution is 9.10. The van der Waals surface area contributed by atoms with Gasteiger partial charge in [-0.15, -0.1) is 0 Å². The van der Waals surface area contributed by atoms with Crippen molar-refractivity contribution in [1.29, 1.82) is 0 Å². The Balaban J connectivity index is 1.89. The van der Waals surface area contributed by atoms with Crippen molar-refractivity contribution in [3.8, 4) is 0 Å². The van der Waals surface area contributed by atoms with Crippen LogP contribution in [-0.4, -0.2) is 0 Å². The maximum Gasteiger partial charge on any atom is 0.0535 e. The minimum atomic E-state index is 0.143. The largest absolute Gasteiger partial charge is 0.378 e. The number of fused-ring (bicyclic) bond motifs is 1. The van der Waals surface area contributed by atoms with Crippen LogP contribution in [-0.2, 0) is 0 Å². The van der Waals surface area contributed by atoms with Crippen LogP contribution < -0.4 is 11.1 Å². The molecule has 0 amide bonds. The van der Waals surface area contributed by atoms with Gasteiger partial charge in [-0.3, -0.25) is 0 Å². The quantitative estimate of drug-likeness (QED) is 0.866. The van der Waals surface area contributed by atoms with E-state index in [2.05, 4.69) is 70.6 Å². The fraction of sp³-hybridized carbons (Fsp3) is 0.250. The van der Waals surface area contributed by atoms with E-state index in [1.54, 1.807) is 0 Å². The smallest absolute Gasteiger partial charge is 0.0535 e. The van der Waals surface area contributed by atoms with Crippen LogP contribution in [0.4, 0.5) is 5.69 Å². The van der Waals surface area contributed by atoms with Crippen LogP contribution in [0.5, 0.6) is 0 Å². The molecule has 98 valence electrons. The van der Waals surface area contributed by atoms with E-state index in [-0.39, 0.29) is 6.04 Å². The maximum atomic E-state index is 6.21. The van der Waals surface area contributed by atoms with E-state index >= 15 is 0 Å². The topological polar surface area (TPSA) is 38.0 Å². The van der Waals surface area contributed by atoms with Crippen molar-refractivity contribution in [3.63, 3.8) is 0 Å². The third-order valence-electron chi connectivity index (χ3n) is 3.78. The Bertz CT molecular complexity index is 609. The van der Waals surface area contributed by atoms with Gasteiger partial charge in [-0.2, -0.15) is 0 Å². The van der Waals surface area contributed by atoms with Gasteiger partial charge in [-0.05, 0) is 48.2 Å². The van der Waals surface area contributed by atoms with Gasteiger partial charge in [-0.25, -0.2) is 0 Å². The molecule has 0 heterocycles. The molecule has 19 heavy (non-hydrogen) atoms. The second kappa shape index (κ2) is 4.99. The third-order valence-corrected chi connectivity index (χ3v) is 4.27. The van der Waals surface area contributed by atoms with Crippen molar-refractivity contribution in [2.75, 3.05) is 5.32 Å². The summed E-state index contributed by atoms with van der Waals surface area (Å²) in [7, 11) is 0. The molecule has 0 bridgehead atoms. The molecule has 0 saturated heterocycles. The molecular weight excluding hydrogens is 300 g/mol. The number of hydrogen-bond acceptors (Lipinski definition) is 2. The highest BCUT2D eigenvalue weighted by Crippen LogP contribution is 2.39. The first-order chi connectivity index (χ1) is 9.15. The van der Waals surface area contributed by atoms with E-state index in [0.29, 0.717) is 6.04 Å². The normalized spacial score (nSPS) is 21.2. The average Bonchev–Trinajstić information content (AvgIpc) is 2.71. The molecule has 0 aromatic heterocycles. The van der Waals surface area contributed by atoms with Crippen molar-refractivity contribution in [2.45, 2.75) is 25.4 Å². The minimum absolute atomic E-state index is 0.143. The minimum Gasteiger partial charge on any atom is -0.378 e. The molecule has 3 heteroatoms. The average molecular weight is 317 g/mol. The summed E-state index contributed by atoms with van der Waals surface area (Å²) in [4.78, 5) is 0. The van der Waals surface area contributed by atoms with Crippen LogP contribution in [0.1, 0.15) is 35.2 Å². The molecule has 2 nitrogen and oxygen atoms in total. The first-order valence-electron chi connectivity index (χ1n) is 6.52. The Hall–Kier alpha value is -1.32. The summed E-state index contributed by atoms with van der Waals surface area (Å²) in [6.07, 6.45) is 0.953. The Labute approximate surface area is 122 Å². The molecule has 0 saturated carbocycles. The molecule has 1 aliphatic carbocycles. The van der Waals surface area contributed by atoms with Gasteiger partial charge in [0.25, 0.3) is 0 Å². The van der Waals surface area contributed by atoms with Gasteiger partial charge in [0, 0.05) is 16.2 Å². The van der Waals surface area contributed by atoms with Crippen LogP contribution in [0.25, 0.3) is 0 Å². The first kappa shape index (κ1) is 12.7. The zero-order valence-corrected chi connectivity index (χ0v) is 12.4. The molecule has 3 rings (SSSR count). The number of hydrogen-bond donors (Lipinski definition) is 2. The van der Waals surface area contributed by atoms with Gasteiger partial charge in [-0.1, -0.05) is 40.2 Å². The second-order valence-corrected chi connectivity index (χ2v) is 6.04. The monoisotopic (exact) mass is 316 g/mol. The lowest BCUT2D eigenvalue weighted by Gasteiger charge is -2.17. The molecule has 0 fully saturated rings. The van der Waals surface area contributed by atoms with Gasteiger partial charge in [0.05, 0.1) is 6.04 Å². The van der Waals surface area contributed by atoms with Gasteiger partial charge in [0.15, 0.2) is 0 Å². The first-order valence-corrected chi connectivity index (χ1v) is 7.31. The van der Waals surface area contributed by atoms with Gasteiger partial charge in [0.1, 0.15) is 0 Å². The van der Waals surface area contributed by atoms with Crippen molar-refractivity contribution >= 4 is 21.6 Å². The zero-order chi connectivity index (χ0) is 13.4. The van der Waals surface area contributed by atoms with E-state index in [9.17, 15) is 0 Å². The van der Waals surface area contributed by atoms with Crippen molar-refractivity contribution < 1.29 is 0 Å². The number of benzene rings is 2. The number of aryl methyl sites for hydroxylation is 1. The molecule has 1 aliphatic rings. The maximum absolute atomic E-state index is 6.21. The number of nitrogens with two attached hydrogens (primary N) is 1. The number of nitrogens with one attached hydrogen (secondary N) is 1. The van der Waals surface area contributed by atoms with Crippen LogP contribution in [0.3, 0.4) is 0 Å². The van der Waals surface area contributed by atoms with Gasteiger partial charge < -0.3 is 11.1 Å². The van der Waals surface area contributed by atoms with Crippen molar-refractivity contribution in [1.82, 2.24) is 0 Å². The second-order valence-electron chi connectivity index (χ2n) is 5.13. The van der Waals surface area contributed by atoms with Crippen LogP contribution in [0.15, 0.2) is 46.9 Å². The standard InChI is InChI=1S/C16H17BrN2/c1-10-8-11(17)6-7-15(10)19-16-9-14(18)12-4-2-3-5-13(12)16/h2-8,14,16,19H,9,18H2,1H3. The third kappa shape index (κ3) is 2.40. The van der Waals surface area contributed by atoms with E-state index in [4.69, 9.17) is 5.73 Å². The highest BCUT2D eigenvalue weighted by atomic mass is 79.9. The van der Waals surface area contributed by atoms with Crippen molar-refractivity contribution in [2.24, 2.45) is 5.73 Å². The fourth-order valence-corrected chi connectivity index (χ4v) is 3.26. The Morgan fingerprint density at radius 1 is 1.16 bits per heavy atom. The lowest BCUT2D eigenvalue weighted by molar-refractivity contribution is 0.648. The molecule has 2 aromatic carbocycles. The fourth-order valence-electron chi connectivity index (χ4n) is 2.79. The van der Waals surface area contributed by atoms with E-state index in [1.165, 1.54) is 22.4 Å². The summed E-state index contributed by atoms with van der Waals surface area (Å²) in [5, 5.41) is 3.62. The molecule has 0 aliphatic heterocycles. The lowest BCUT2D eigenvalue weighted by atomic mass is 10.1. The summed E-state index contributed by atoms with van der Waals surface area (Å²) in [5.41, 5.74) is 11.2. The summed E-state index contributed by atoms with van der Waals surface area (Å²) < 4.78 is 1.11.